The van der Waals surface area contributed by atoms with Crippen molar-refractivity contribution in [2.24, 2.45) is 0 Å². The number of hydrogen-bond acceptors (Lipinski definition) is 3. The van der Waals surface area contributed by atoms with Gasteiger partial charge in [0.1, 0.15) is 5.41 Å². The van der Waals surface area contributed by atoms with Crippen molar-refractivity contribution in [1.29, 1.82) is 0 Å². The Hall–Kier alpha value is -2.72. The minimum absolute atomic E-state index is 0.143. The average molecular weight is 333 g/mol. The van der Waals surface area contributed by atoms with Crippen molar-refractivity contribution in [3.8, 4) is 0 Å². The fourth-order valence-electron chi connectivity index (χ4n) is 3.34. The Morgan fingerprint density at radius 2 is 1.75 bits per heavy atom. The summed E-state index contributed by atoms with van der Waals surface area (Å²) in [6.45, 7) is 0. The summed E-state index contributed by atoms with van der Waals surface area (Å²) in [5.41, 5.74) is 1.83. The molecule has 2 aromatic carbocycles. The largest absolute Gasteiger partial charge is 0.325 e. The van der Waals surface area contributed by atoms with Crippen LogP contribution in [0.4, 0.5) is 5.69 Å². The van der Waals surface area contributed by atoms with Gasteiger partial charge in [-0.15, -0.1) is 0 Å². The highest BCUT2D eigenvalue weighted by molar-refractivity contribution is 7.08. The zero-order valence-corrected chi connectivity index (χ0v) is 13.7. The van der Waals surface area contributed by atoms with Crippen molar-refractivity contribution in [2.75, 3.05) is 5.32 Å². The summed E-state index contributed by atoms with van der Waals surface area (Å²) in [4.78, 5) is 26.3. The molecule has 4 rings (SSSR count). The van der Waals surface area contributed by atoms with E-state index in [2.05, 4.69) is 5.32 Å². The molecule has 2 heterocycles. The predicted octanol–water partition coefficient (Wildman–Crippen LogP) is 4.06. The van der Waals surface area contributed by atoms with Crippen molar-refractivity contribution in [3.63, 3.8) is 0 Å². The van der Waals surface area contributed by atoms with E-state index < -0.39 is 5.41 Å². The van der Waals surface area contributed by atoms with Crippen LogP contribution in [0, 0.1) is 0 Å². The third kappa shape index (κ3) is 2.19. The first-order valence-electron chi connectivity index (χ1n) is 7.74. The normalized spacial score (nSPS) is 18.9. The summed E-state index contributed by atoms with van der Waals surface area (Å²) < 4.78 is 0. The molecule has 1 aliphatic heterocycles. The number of amides is 1. The number of carbonyl (C=O) groups is 2. The van der Waals surface area contributed by atoms with Crippen LogP contribution in [0.1, 0.15) is 21.5 Å². The van der Waals surface area contributed by atoms with E-state index >= 15 is 0 Å². The first-order valence-corrected chi connectivity index (χ1v) is 8.68. The van der Waals surface area contributed by atoms with Gasteiger partial charge in [-0.1, -0.05) is 48.5 Å². The lowest BCUT2D eigenvalue weighted by molar-refractivity contribution is -0.119. The molecule has 0 radical (unpaired) electrons. The Morgan fingerprint density at radius 1 is 1.00 bits per heavy atom. The summed E-state index contributed by atoms with van der Waals surface area (Å²) in [7, 11) is 0. The van der Waals surface area contributed by atoms with Gasteiger partial charge in [-0.3, -0.25) is 9.59 Å². The number of hydrogen-bond donors (Lipinski definition) is 1. The second-order valence-electron chi connectivity index (χ2n) is 5.91. The van der Waals surface area contributed by atoms with E-state index in [0.717, 1.165) is 16.8 Å². The summed E-state index contributed by atoms with van der Waals surface area (Å²) in [5.74, 6) is -0.390. The molecule has 1 unspecified atom stereocenters. The van der Waals surface area contributed by atoms with E-state index in [0.29, 0.717) is 12.0 Å². The van der Waals surface area contributed by atoms with Crippen molar-refractivity contribution >= 4 is 28.7 Å². The molecule has 0 fully saturated rings. The van der Waals surface area contributed by atoms with Gasteiger partial charge in [0, 0.05) is 16.6 Å². The minimum Gasteiger partial charge on any atom is -0.325 e. The van der Waals surface area contributed by atoms with Crippen LogP contribution >= 0.6 is 11.3 Å². The number of benzene rings is 2. The van der Waals surface area contributed by atoms with Gasteiger partial charge in [-0.2, -0.15) is 11.3 Å². The van der Waals surface area contributed by atoms with Gasteiger partial charge in [-0.25, -0.2) is 0 Å². The van der Waals surface area contributed by atoms with Gasteiger partial charge in [0.05, 0.1) is 0 Å². The zero-order chi connectivity index (χ0) is 16.6. The standard InChI is InChI=1S/C20H15NO2S/c22-18(15-10-11-24-13-15)20(12-14-6-2-1-3-7-14)16-8-4-5-9-17(16)21-19(20)23/h1-11,13H,12H2,(H,21,23). The number of fused-ring (bicyclic) bond motifs is 1. The summed E-state index contributed by atoms with van der Waals surface area (Å²) >= 11 is 1.46. The third-order valence-corrected chi connectivity index (χ3v) is 5.19. The highest BCUT2D eigenvalue weighted by atomic mass is 32.1. The van der Waals surface area contributed by atoms with Crippen LogP contribution in [-0.2, 0) is 16.6 Å². The molecule has 0 spiro atoms. The maximum absolute atomic E-state index is 13.4. The smallest absolute Gasteiger partial charge is 0.243 e. The third-order valence-electron chi connectivity index (χ3n) is 4.51. The lowest BCUT2D eigenvalue weighted by Gasteiger charge is -2.26. The van der Waals surface area contributed by atoms with Crippen molar-refractivity contribution in [1.82, 2.24) is 0 Å². The van der Waals surface area contributed by atoms with Gasteiger partial charge >= 0.3 is 0 Å². The quantitative estimate of drug-likeness (QED) is 0.578. The Labute approximate surface area is 144 Å². The molecule has 1 atom stereocenters. The van der Waals surface area contributed by atoms with Crippen LogP contribution in [0.15, 0.2) is 71.4 Å². The lowest BCUT2D eigenvalue weighted by Crippen LogP contribution is -2.44. The maximum atomic E-state index is 13.4. The fourth-order valence-corrected chi connectivity index (χ4v) is 3.97. The number of nitrogens with one attached hydrogen (secondary N) is 1. The Balaban J connectivity index is 1.90. The number of para-hydroxylation sites is 1. The molecule has 1 amide bonds. The van der Waals surface area contributed by atoms with Crippen LogP contribution in [0.5, 0.6) is 0 Å². The summed E-state index contributed by atoms with van der Waals surface area (Å²) in [6, 6.07) is 18.9. The monoisotopic (exact) mass is 333 g/mol. The molecule has 1 aromatic heterocycles. The van der Waals surface area contributed by atoms with Crippen molar-refractivity contribution in [2.45, 2.75) is 11.8 Å². The predicted molar refractivity (Wildman–Crippen MR) is 95.5 cm³/mol. The molecule has 0 saturated carbocycles. The number of thiophene rings is 1. The van der Waals surface area contributed by atoms with Crippen molar-refractivity contribution in [3.05, 3.63) is 88.1 Å². The van der Waals surface area contributed by atoms with Gasteiger partial charge in [0.2, 0.25) is 5.91 Å². The maximum Gasteiger partial charge on any atom is 0.243 e. The Bertz CT molecular complexity index is 902. The van der Waals surface area contributed by atoms with E-state index in [1.165, 1.54) is 11.3 Å². The van der Waals surface area contributed by atoms with Crippen LogP contribution in [0.25, 0.3) is 0 Å². The summed E-state index contributed by atoms with van der Waals surface area (Å²) in [5, 5.41) is 6.57. The second kappa shape index (κ2) is 5.73. The van der Waals surface area contributed by atoms with Crippen LogP contribution in [-0.4, -0.2) is 11.7 Å². The molecule has 0 saturated heterocycles. The molecule has 4 heteroatoms. The molecule has 118 valence electrons. The minimum atomic E-state index is -1.21. The number of Topliss-reactive ketones (excluding diaryl/α,β-unsaturated/α-hetero) is 1. The first-order chi connectivity index (χ1) is 11.7. The lowest BCUT2D eigenvalue weighted by atomic mass is 9.71. The van der Waals surface area contributed by atoms with E-state index in [-0.39, 0.29) is 11.7 Å². The van der Waals surface area contributed by atoms with Gasteiger partial charge < -0.3 is 5.32 Å². The molecule has 1 aliphatic rings. The molecule has 1 N–H and O–H groups in total. The SMILES string of the molecule is O=C1Nc2ccccc2C1(Cc1ccccc1)C(=O)c1ccsc1. The molecule has 0 bridgehead atoms. The number of rotatable bonds is 4. The molecule has 3 aromatic rings. The van der Waals surface area contributed by atoms with Gasteiger partial charge in [-0.05, 0) is 35.1 Å². The Kier molecular flexibility index (Phi) is 3.54. The zero-order valence-electron chi connectivity index (χ0n) is 12.9. The molecular formula is C20H15NO2S. The van der Waals surface area contributed by atoms with E-state index in [1.807, 2.05) is 65.4 Å². The van der Waals surface area contributed by atoms with Crippen LogP contribution < -0.4 is 5.32 Å². The van der Waals surface area contributed by atoms with E-state index in [4.69, 9.17) is 0 Å². The molecule has 3 nitrogen and oxygen atoms in total. The highest BCUT2D eigenvalue weighted by Crippen LogP contribution is 2.42. The molecule has 24 heavy (non-hydrogen) atoms. The second-order valence-corrected chi connectivity index (χ2v) is 6.69. The number of carbonyl (C=O) groups excluding carboxylic acids is 2. The Morgan fingerprint density at radius 3 is 2.50 bits per heavy atom. The van der Waals surface area contributed by atoms with Crippen molar-refractivity contribution < 1.29 is 9.59 Å². The highest BCUT2D eigenvalue weighted by Gasteiger charge is 2.52. The number of ketones is 1. The first kappa shape index (κ1) is 14.8. The molecule has 0 aliphatic carbocycles. The number of anilines is 1. The van der Waals surface area contributed by atoms with Crippen LogP contribution in [0.3, 0.4) is 0 Å². The van der Waals surface area contributed by atoms with E-state index in [9.17, 15) is 9.59 Å². The van der Waals surface area contributed by atoms with Gasteiger partial charge in [0.15, 0.2) is 5.78 Å². The van der Waals surface area contributed by atoms with Crippen LogP contribution in [0.2, 0.25) is 0 Å². The molecular weight excluding hydrogens is 318 g/mol. The van der Waals surface area contributed by atoms with E-state index in [1.54, 1.807) is 6.07 Å². The van der Waals surface area contributed by atoms with Gasteiger partial charge in [0.25, 0.3) is 0 Å². The fraction of sp³-hybridized carbons (Fsp3) is 0.100. The average Bonchev–Trinajstić information content (AvgIpc) is 3.23. The topological polar surface area (TPSA) is 46.2 Å². The summed E-state index contributed by atoms with van der Waals surface area (Å²) in [6.07, 6.45) is 0.353.